The summed E-state index contributed by atoms with van der Waals surface area (Å²) in [4.78, 5) is 10.1. The van der Waals surface area contributed by atoms with E-state index in [4.69, 9.17) is 0 Å². The lowest BCUT2D eigenvalue weighted by Gasteiger charge is -1.87. The molecule has 4 heteroatoms. The van der Waals surface area contributed by atoms with E-state index in [1.165, 1.54) is 0 Å². The molecule has 0 aromatic heterocycles. The van der Waals surface area contributed by atoms with Gasteiger partial charge in [0.25, 0.3) is 0 Å². The summed E-state index contributed by atoms with van der Waals surface area (Å²) in [6.07, 6.45) is 2.54. The zero-order valence-electron chi connectivity index (χ0n) is 4.89. The van der Waals surface area contributed by atoms with Crippen molar-refractivity contribution in [3.8, 4) is 0 Å². The van der Waals surface area contributed by atoms with Crippen LogP contribution >= 0.6 is 15.9 Å². The van der Waals surface area contributed by atoms with Gasteiger partial charge in [-0.15, -0.1) is 0 Å². The number of carbonyl (C=O) groups is 1. The highest BCUT2D eigenvalue weighted by Crippen LogP contribution is 2.05. The first-order chi connectivity index (χ1) is 4.24. The predicted octanol–water partition coefficient (Wildman–Crippen LogP) is -0.694. The largest absolute Gasteiger partial charge is 0.296 e. The van der Waals surface area contributed by atoms with Gasteiger partial charge < -0.3 is 0 Å². The maximum Gasteiger partial charge on any atom is 0.178 e. The monoisotopic (exact) mass is 189 g/mol. The summed E-state index contributed by atoms with van der Waals surface area (Å²) < 4.78 is 0.773. The average Bonchev–Trinajstić information content (AvgIpc) is 2.10. The molecule has 1 N–H and O–H groups in total. The van der Waals surface area contributed by atoms with Crippen LogP contribution in [0.5, 0.6) is 0 Å². The molecule has 1 unspecified atom stereocenters. The van der Waals surface area contributed by atoms with Gasteiger partial charge in [0, 0.05) is 0 Å². The van der Waals surface area contributed by atoms with Gasteiger partial charge in [0.2, 0.25) is 0 Å². The Morgan fingerprint density at radius 1 is 1.89 bits per heavy atom. The Kier molecular flexibility index (Phi) is 1.78. The molecule has 1 aliphatic heterocycles. The number of nitrogens with zero attached hydrogens (tertiary/aromatic N) is 1. The van der Waals surface area contributed by atoms with Gasteiger partial charge >= 0.3 is 0 Å². The maximum absolute atomic E-state index is 10.1. The molecule has 9 heavy (non-hydrogen) atoms. The fraction of sp³-hybridized carbons (Fsp3) is 0.200. The summed E-state index contributed by atoms with van der Waals surface area (Å²) >= 11 is 3.18. The zero-order valence-corrected chi connectivity index (χ0v) is 6.47. The molecule has 0 spiro atoms. The maximum atomic E-state index is 10.1. The van der Waals surface area contributed by atoms with E-state index >= 15 is 0 Å². The van der Waals surface area contributed by atoms with Gasteiger partial charge in [0.15, 0.2) is 12.0 Å². The quantitative estimate of drug-likeness (QED) is 0.545. The summed E-state index contributed by atoms with van der Waals surface area (Å²) in [6.45, 7) is 0. The highest BCUT2D eigenvalue weighted by Gasteiger charge is 2.15. The lowest BCUT2D eigenvalue weighted by Crippen LogP contribution is -2.98. The van der Waals surface area contributed by atoms with Gasteiger partial charge in [-0.3, -0.25) is 4.79 Å². The number of aldehydes is 1. The summed E-state index contributed by atoms with van der Waals surface area (Å²) in [7, 11) is 1.84. The van der Waals surface area contributed by atoms with Crippen LogP contribution in [0.2, 0.25) is 0 Å². The molecule has 1 rings (SSSR count). The SMILES string of the molecule is C[NH+]1C=C(Br)C(C=O)=N1. The van der Waals surface area contributed by atoms with E-state index < -0.39 is 0 Å². The molecule has 0 aromatic carbocycles. The van der Waals surface area contributed by atoms with Crippen LogP contribution in [0.25, 0.3) is 0 Å². The number of quaternary nitrogens is 1. The van der Waals surface area contributed by atoms with Crippen LogP contribution in [-0.2, 0) is 4.79 Å². The Balaban J connectivity index is 2.86. The summed E-state index contributed by atoms with van der Waals surface area (Å²) in [5.74, 6) is 0. The van der Waals surface area contributed by atoms with Crippen LogP contribution in [-0.4, -0.2) is 19.0 Å². The molecule has 0 radical (unpaired) electrons. The van der Waals surface area contributed by atoms with Crippen molar-refractivity contribution in [2.75, 3.05) is 7.05 Å². The third-order valence-corrected chi connectivity index (χ3v) is 1.62. The molecule has 1 heterocycles. The van der Waals surface area contributed by atoms with Crippen LogP contribution in [0, 0.1) is 0 Å². The minimum atomic E-state index is 0.479. The van der Waals surface area contributed by atoms with Crippen LogP contribution in [0.4, 0.5) is 0 Å². The second-order valence-electron chi connectivity index (χ2n) is 1.75. The molecular weight excluding hydrogens is 184 g/mol. The fourth-order valence-electron chi connectivity index (χ4n) is 0.616. The first-order valence-corrected chi connectivity index (χ1v) is 3.28. The Morgan fingerprint density at radius 2 is 2.56 bits per heavy atom. The van der Waals surface area contributed by atoms with Crippen molar-refractivity contribution in [1.29, 1.82) is 0 Å². The Bertz CT molecular complexity index is 197. The molecule has 3 nitrogen and oxygen atoms in total. The molecule has 0 aliphatic carbocycles. The Morgan fingerprint density at radius 3 is 2.78 bits per heavy atom. The van der Waals surface area contributed by atoms with Gasteiger partial charge in [0.1, 0.15) is 10.7 Å². The van der Waals surface area contributed by atoms with E-state index in [2.05, 4.69) is 21.0 Å². The van der Waals surface area contributed by atoms with E-state index in [9.17, 15) is 4.79 Å². The van der Waals surface area contributed by atoms with Crippen LogP contribution in [0.1, 0.15) is 0 Å². The third kappa shape index (κ3) is 1.25. The molecule has 48 valence electrons. The standard InChI is InChI=1S/C5H5BrN2O/c1-8-2-4(6)5(3-9)7-8/h2-3H,1H3/p+1. The molecule has 0 amide bonds. The summed E-state index contributed by atoms with van der Waals surface area (Å²) in [5, 5.41) is 4.78. The summed E-state index contributed by atoms with van der Waals surface area (Å²) in [5.41, 5.74) is 0.479. The molecule has 0 fully saturated rings. The Labute approximate surface area is 61.2 Å². The lowest BCUT2D eigenvalue weighted by molar-refractivity contribution is -0.829. The lowest BCUT2D eigenvalue weighted by atomic mass is 10.4. The van der Waals surface area contributed by atoms with Crippen molar-refractivity contribution in [2.24, 2.45) is 5.10 Å². The molecule has 0 saturated carbocycles. The number of allylic oxidation sites excluding steroid dienone is 1. The number of nitrogens with one attached hydrogen (secondary N) is 1. The van der Waals surface area contributed by atoms with Gasteiger partial charge in [0.05, 0.1) is 7.05 Å². The number of hydrogen-bond acceptors (Lipinski definition) is 2. The summed E-state index contributed by atoms with van der Waals surface area (Å²) in [6, 6.07) is 0. The van der Waals surface area contributed by atoms with Crippen LogP contribution < -0.4 is 5.01 Å². The van der Waals surface area contributed by atoms with Crippen molar-refractivity contribution < 1.29 is 9.80 Å². The smallest absolute Gasteiger partial charge is 0.178 e. The normalized spacial score (nSPS) is 25.3. The first kappa shape index (κ1) is 6.64. The van der Waals surface area contributed by atoms with Gasteiger partial charge in [-0.2, -0.15) is 5.01 Å². The fourth-order valence-corrected chi connectivity index (χ4v) is 1.13. The van der Waals surface area contributed by atoms with E-state index in [-0.39, 0.29) is 0 Å². The topological polar surface area (TPSA) is 33.9 Å². The average molecular weight is 190 g/mol. The van der Waals surface area contributed by atoms with E-state index in [1.54, 1.807) is 0 Å². The Hall–Kier alpha value is -0.480. The molecule has 0 aromatic rings. The number of carbonyl (C=O) groups excluding carboxylic acids is 1. The van der Waals surface area contributed by atoms with E-state index in [0.717, 1.165) is 15.8 Å². The van der Waals surface area contributed by atoms with Crippen LogP contribution in [0.3, 0.4) is 0 Å². The zero-order chi connectivity index (χ0) is 6.85. The highest BCUT2D eigenvalue weighted by molar-refractivity contribution is 9.12. The number of halogens is 1. The van der Waals surface area contributed by atoms with Crippen molar-refractivity contribution in [3.63, 3.8) is 0 Å². The molecule has 1 aliphatic rings. The second-order valence-corrected chi connectivity index (χ2v) is 2.60. The molecule has 1 atom stereocenters. The van der Waals surface area contributed by atoms with E-state index in [1.807, 2.05) is 13.2 Å². The first-order valence-electron chi connectivity index (χ1n) is 2.49. The minimum Gasteiger partial charge on any atom is -0.296 e. The number of rotatable bonds is 1. The highest BCUT2D eigenvalue weighted by atomic mass is 79.9. The van der Waals surface area contributed by atoms with Gasteiger partial charge in [-0.05, 0) is 15.9 Å². The van der Waals surface area contributed by atoms with Crippen molar-refractivity contribution >= 4 is 27.9 Å². The van der Waals surface area contributed by atoms with Gasteiger partial charge in [-0.25, -0.2) is 0 Å². The minimum absolute atomic E-state index is 0.479. The van der Waals surface area contributed by atoms with Crippen molar-refractivity contribution in [3.05, 3.63) is 10.7 Å². The van der Waals surface area contributed by atoms with Gasteiger partial charge in [-0.1, -0.05) is 5.10 Å². The van der Waals surface area contributed by atoms with Crippen LogP contribution in [0.15, 0.2) is 15.8 Å². The van der Waals surface area contributed by atoms with Crippen molar-refractivity contribution in [1.82, 2.24) is 0 Å². The molecular formula is C5H6BrN2O+. The van der Waals surface area contributed by atoms with Crippen molar-refractivity contribution in [2.45, 2.75) is 0 Å². The second kappa shape index (κ2) is 2.41. The van der Waals surface area contributed by atoms with E-state index in [0.29, 0.717) is 5.71 Å². The molecule has 0 saturated heterocycles. The molecule has 0 bridgehead atoms. The third-order valence-electron chi connectivity index (χ3n) is 0.989. The predicted molar refractivity (Wildman–Crippen MR) is 37.4 cm³/mol. The number of hydrogen-bond donors (Lipinski definition) is 1.